The van der Waals surface area contributed by atoms with Crippen LogP contribution in [0.4, 0.5) is 17.2 Å². The predicted octanol–water partition coefficient (Wildman–Crippen LogP) is 4.42. The number of pyridine rings is 1. The average Bonchev–Trinajstić information content (AvgIpc) is 3.31. The second-order valence-electron chi connectivity index (χ2n) is 7.79. The minimum Gasteiger partial charge on any atom is -0.381 e. The van der Waals surface area contributed by atoms with Gasteiger partial charge in [-0.3, -0.25) is 5.73 Å². The number of aromatic nitrogens is 2. The smallest absolute Gasteiger partial charge is 0.381 e. The highest BCUT2D eigenvalue weighted by Crippen LogP contribution is 2.35. The summed E-state index contributed by atoms with van der Waals surface area (Å²) < 4.78 is 22.3. The van der Waals surface area contributed by atoms with E-state index in [-0.39, 0.29) is 5.82 Å². The zero-order valence-corrected chi connectivity index (χ0v) is 19.8. The SMILES string of the molecule is [N-]=[N+]=Nc1cccc(NCc2ccc(Cc3cc(-c4ccc[n+](COP(=O)(O)O)c4N)on3)cc2)c1. The van der Waals surface area contributed by atoms with Gasteiger partial charge in [0.2, 0.25) is 6.73 Å². The summed E-state index contributed by atoms with van der Waals surface area (Å²) in [5.41, 5.74) is 19.4. The Kier molecular flexibility index (Phi) is 7.65. The van der Waals surface area contributed by atoms with Gasteiger partial charge in [-0.2, -0.15) is 0 Å². The maximum Gasteiger partial charge on any atom is 0.472 e. The van der Waals surface area contributed by atoms with Gasteiger partial charge in [-0.05, 0) is 40.9 Å². The number of hydrogen-bond donors (Lipinski definition) is 4. The lowest BCUT2D eigenvalue weighted by molar-refractivity contribution is -0.711. The van der Waals surface area contributed by atoms with Gasteiger partial charge in [-0.15, -0.1) is 0 Å². The predicted molar refractivity (Wildman–Crippen MR) is 131 cm³/mol. The molecule has 0 aliphatic heterocycles. The molecule has 0 atom stereocenters. The molecule has 0 spiro atoms. The molecule has 2 heterocycles. The second-order valence-corrected chi connectivity index (χ2v) is 9.03. The fourth-order valence-electron chi connectivity index (χ4n) is 3.46. The van der Waals surface area contributed by atoms with Crippen LogP contribution in [0.5, 0.6) is 0 Å². The van der Waals surface area contributed by atoms with Gasteiger partial charge in [0.1, 0.15) is 5.56 Å². The summed E-state index contributed by atoms with van der Waals surface area (Å²) in [6, 6.07) is 20.4. The summed E-state index contributed by atoms with van der Waals surface area (Å²) in [4.78, 5) is 20.6. The van der Waals surface area contributed by atoms with Crippen molar-refractivity contribution in [2.75, 3.05) is 11.1 Å². The van der Waals surface area contributed by atoms with Crippen LogP contribution in [0.15, 0.2) is 82.6 Å². The van der Waals surface area contributed by atoms with Crippen LogP contribution in [0.25, 0.3) is 21.8 Å². The van der Waals surface area contributed by atoms with Crippen molar-refractivity contribution in [2.45, 2.75) is 19.7 Å². The molecule has 2 aromatic carbocycles. The lowest BCUT2D eigenvalue weighted by Gasteiger charge is -2.08. The van der Waals surface area contributed by atoms with Crippen molar-refractivity contribution in [3.8, 4) is 11.3 Å². The normalized spacial score (nSPS) is 11.2. The molecule has 2 aromatic heterocycles. The van der Waals surface area contributed by atoms with E-state index < -0.39 is 14.6 Å². The largest absolute Gasteiger partial charge is 0.472 e. The van der Waals surface area contributed by atoms with Gasteiger partial charge >= 0.3 is 7.82 Å². The Bertz CT molecular complexity index is 1450. The molecule has 13 heteroatoms. The molecule has 4 rings (SSSR count). The summed E-state index contributed by atoms with van der Waals surface area (Å²) >= 11 is 0. The molecule has 0 fully saturated rings. The van der Waals surface area contributed by atoms with Crippen molar-refractivity contribution in [3.05, 3.63) is 100 Å². The molecule has 0 bridgehead atoms. The van der Waals surface area contributed by atoms with E-state index in [0.717, 1.165) is 16.8 Å². The fourth-order valence-corrected chi connectivity index (χ4v) is 3.74. The van der Waals surface area contributed by atoms with Gasteiger partial charge in [0.05, 0.1) is 11.9 Å². The highest BCUT2D eigenvalue weighted by Gasteiger charge is 2.20. The number of nitrogen functional groups attached to an aromatic ring is 1. The molecule has 0 unspecified atom stereocenters. The number of nitrogens with one attached hydrogen (secondary N) is 1. The monoisotopic (exact) mass is 508 g/mol. The van der Waals surface area contributed by atoms with Crippen LogP contribution in [0.2, 0.25) is 0 Å². The van der Waals surface area contributed by atoms with Crippen LogP contribution >= 0.6 is 7.82 Å². The lowest BCUT2D eigenvalue weighted by atomic mass is 10.1. The molecular formula is C23H23N7O5P+. The van der Waals surface area contributed by atoms with Gasteiger partial charge in [0.25, 0.3) is 5.82 Å². The number of anilines is 2. The summed E-state index contributed by atoms with van der Waals surface area (Å²) in [6.07, 6.45) is 2.08. The maximum absolute atomic E-state index is 11.0. The molecule has 0 aliphatic rings. The lowest BCUT2D eigenvalue weighted by Crippen LogP contribution is -2.38. The minimum absolute atomic E-state index is 0.218. The van der Waals surface area contributed by atoms with Crippen LogP contribution in [-0.2, 0) is 28.8 Å². The maximum atomic E-state index is 11.0. The number of nitrogens with zero attached hydrogens (tertiary/aromatic N) is 5. The van der Waals surface area contributed by atoms with Crippen LogP contribution < -0.4 is 15.6 Å². The van der Waals surface area contributed by atoms with E-state index >= 15 is 0 Å². The standard InChI is InChI=1S/C23H22N7O5P/c24-23-21(5-2-10-30(23)15-34-36(31,32)33)22-13-20(28-35-22)11-16-6-8-17(9-7-16)14-26-18-3-1-4-19(12-18)27-29-25/h1-10,12-13,24,26H,11,14-15H2,(H2,31,32,33)/p+1. The van der Waals surface area contributed by atoms with E-state index in [0.29, 0.717) is 35.7 Å². The molecular weight excluding hydrogens is 485 g/mol. The van der Waals surface area contributed by atoms with E-state index in [9.17, 15) is 4.57 Å². The Morgan fingerprint density at radius 2 is 1.92 bits per heavy atom. The van der Waals surface area contributed by atoms with Crippen molar-refractivity contribution in [1.82, 2.24) is 5.16 Å². The third kappa shape index (κ3) is 6.70. The van der Waals surface area contributed by atoms with Crippen LogP contribution in [0.1, 0.15) is 16.8 Å². The summed E-state index contributed by atoms with van der Waals surface area (Å²) in [7, 11) is -4.63. The zero-order valence-electron chi connectivity index (χ0n) is 18.9. The van der Waals surface area contributed by atoms with Crippen LogP contribution in [0, 0.1) is 0 Å². The Balaban J connectivity index is 1.38. The Labute approximate surface area is 205 Å². The van der Waals surface area contributed by atoms with Crippen molar-refractivity contribution >= 4 is 25.0 Å². The molecule has 0 aliphatic carbocycles. The van der Waals surface area contributed by atoms with Gasteiger partial charge in [0, 0.05) is 35.3 Å². The van der Waals surface area contributed by atoms with Crippen molar-refractivity contribution in [3.63, 3.8) is 0 Å². The molecule has 12 nitrogen and oxygen atoms in total. The molecule has 0 amide bonds. The minimum atomic E-state index is -4.63. The molecule has 36 heavy (non-hydrogen) atoms. The highest BCUT2D eigenvalue weighted by molar-refractivity contribution is 7.46. The molecule has 4 aromatic rings. The number of hydrogen-bond acceptors (Lipinski definition) is 7. The Morgan fingerprint density at radius 3 is 2.67 bits per heavy atom. The molecule has 184 valence electrons. The summed E-state index contributed by atoms with van der Waals surface area (Å²) in [5, 5.41) is 11.0. The average molecular weight is 508 g/mol. The first-order valence-corrected chi connectivity index (χ1v) is 12.2. The van der Waals surface area contributed by atoms with E-state index in [4.69, 9.17) is 25.6 Å². The number of nitrogens with two attached hydrogens (primary N) is 1. The first-order chi connectivity index (χ1) is 17.3. The number of phosphoric acid groups is 1. The zero-order chi connectivity index (χ0) is 25.5. The number of azide groups is 1. The molecule has 5 N–H and O–H groups in total. The summed E-state index contributed by atoms with van der Waals surface area (Å²) in [5.74, 6) is 0.646. The van der Waals surface area contributed by atoms with E-state index in [2.05, 4.69) is 25.0 Å². The second kappa shape index (κ2) is 11.0. The first-order valence-electron chi connectivity index (χ1n) is 10.7. The third-order valence-corrected chi connectivity index (χ3v) is 5.67. The van der Waals surface area contributed by atoms with Gasteiger partial charge in [-0.1, -0.05) is 46.7 Å². The quantitative estimate of drug-likeness (QED) is 0.0797. The van der Waals surface area contributed by atoms with Gasteiger partial charge < -0.3 is 19.6 Å². The Hall–Kier alpha value is -4.18. The molecule has 0 saturated carbocycles. The van der Waals surface area contributed by atoms with Crippen molar-refractivity contribution < 1.29 is 28.0 Å². The third-order valence-electron chi connectivity index (χ3n) is 5.21. The molecule has 0 radical (unpaired) electrons. The number of rotatable bonds is 10. The number of phosphoric ester groups is 1. The van der Waals surface area contributed by atoms with Crippen LogP contribution in [0.3, 0.4) is 0 Å². The Morgan fingerprint density at radius 1 is 1.14 bits per heavy atom. The highest BCUT2D eigenvalue weighted by atomic mass is 31.2. The van der Waals surface area contributed by atoms with Gasteiger partial charge in [0.15, 0.2) is 5.76 Å². The van der Waals surface area contributed by atoms with Gasteiger partial charge in [-0.25, -0.2) is 13.7 Å². The van der Waals surface area contributed by atoms with E-state index in [1.165, 1.54) is 4.57 Å². The van der Waals surface area contributed by atoms with E-state index in [1.54, 1.807) is 36.5 Å². The van der Waals surface area contributed by atoms with E-state index in [1.807, 2.05) is 36.4 Å². The topological polar surface area (TPSA) is 183 Å². The van der Waals surface area contributed by atoms with Crippen molar-refractivity contribution in [2.24, 2.45) is 5.11 Å². The fraction of sp³-hybridized carbons (Fsp3) is 0.130. The number of benzene rings is 2. The molecule has 0 saturated heterocycles. The summed E-state index contributed by atoms with van der Waals surface area (Å²) in [6.45, 7) is 0.193. The van der Waals surface area contributed by atoms with Crippen LogP contribution in [-0.4, -0.2) is 14.9 Å². The first kappa shape index (κ1) is 24.9. The van der Waals surface area contributed by atoms with Crippen molar-refractivity contribution in [1.29, 1.82) is 0 Å².